The molecule has 1 aromatic carbocycles. The summed E-state index contributed by atoms with van der Waals surface area (Å²) in [5.74, 6) is 0. The molecule has 0 aliphatic heterocycles. The van der Waals surface area contributed by atoms with Crippen molar-refractivity contribution in [1.29, 1.82) is 0 Å². The molecule has 0 aliphatic rings. The molecule has 0 saturated heterocycles. The Hall–Kier alpha value is -1.82. The molecular formula is C11H16N4O2. The summed E-state index contributed by atoms with van der Waals surface area (Å²) in [7, 11) is 0. The smallest absolute Gasteiger partial charge is 0.160 e. The van der Waals surface area contributed by atoms with Crippen LogP contribution in [0.2, 0.25) is 0 Å². The van der Waals surface area contributed by atoms with Crippen molar-refractivity contribution in [3.05, 3.63) is 12.1 Å². The van der Waals surface area contributed by atoms with Gasteiger partial charge in [0.1, 0.15) is 0 Å². The second-order valence-corrected chi connectivity index (χ2v) is 3.87. The summed E-state index contributed by atoms with van der Waals surface area (Å²) in [6.07, 6.45) is 2.83. The lowest BCUT2D eigenvalue weighted by Crippen LogP contribution is -2.03. The summed E-state index contributed by atoms with van der Waals surface area (Å²) in [6, 6.07) is 3.65. The van der Waals surface area contributed by atoms with Crippen LogP contribution in [0.25, 0.3) is 11.0 Å². The largest absolute Gasteiger partial charge is 0.397 e. The van der Waals surface area contributed by atoms with E-state index in [0.29, 0.717) is 16.7 Å². The van der Waals surface area contributed by atoms with Crippen molar-refractivity contribution in [2.45, 2.75) is 19.3 Å². The summed E-state index contributed by atoms with van der Waals surface area (Å²) >= 11 is 0. The number of aliphatic hydroxyl groups excluding tert-OH is 1. The molecule has 0 bridgehead atoms. The van der Waals surface area contributed by atoms with Gasteiger partial charge in [0.05, 0.1) is 11.4 Å². The number of benzene rings is 1. The van der Waals surface area contributed by atoms with Crippen LogP contribution in [0, 0.1) is 0 Å². The van der Waals surface area contributed by atoms with E-state index in [1.165, 1.54) is 0 Å². The number of fused-ring (bicyclic) bond motifs is 1. The van der Waals surface area contributed by atoms with Gasteiger partial charge in [0, 0.05) is 13.2 Å². The predicted molar refractivity (Wildman–Crippen MR) is 65.6 cm³/mol. The average molecular weight is 236 g/mol. The molecule has 1 aromatic heterocycles. The zero-order valence-corrected chi connectivity index (χ0v) is 9.52. The fourth-order valence-corrected chi connectivity index (χ4v) is 1.66. The van der Waals surface area contributed by atoms with Crippen LogP contribution in [-0.2, 0) is 0 Å². The van der Waals surface area contributed by atoms with E-state index in [-0.39, 0.29) is 6.61 Å². The highest BCUT2D eigenvalue weighted by Gasteiger charge is 2.09. The Morgan fingerprint density at radius 2 is 2.00 bits per heavy atom. The van der Waals surface area contributed by atoms with Crippen LogP contribution >= 0.6 is 0 Å². The van der Waals surface area contributed by atoms with Crippen molar-refractivity contribution in [3.8, 4) is 0 Å². The van der Waals surface area contributed by atoms with Crippen molar-refractivity contribution in [2.24, 2.45) is 0 Å². The number of hydrogen-bond acceptors (Lipinski definition) is 6. The van der Waals surface area contributed by atoms with Gasteiger partial charge in [0.2, 0.25) is 0 Å². The third-order valence-electron chi connectivity index (χ3n) is 2.60. The van der Waals surface area contributed by atoms with E-state index in [1.807, 2.05) is 6.07 Å². The topological polar surface area (TPSA) is 97.2 Å². The first kappa shape index (κ1) is 11.7. The second-order valence-electron chi connectivity index (χ2n) is 3.87. The summed E-state index contributed by atoms with van der Waals surface area (Å²) < 4.78 is 4.68. The number of anilines is 2. The first-order chi connectivity index (χ1) is 8.33. The van der Waals surface area contributed by atoms with Gasteiger partial charge in [-0.05, 0) is 41.7 Å². The summed E-state index contributed by atoms with van der Waals surface area (Å²) in [4.78, 5) is 0. The molecule has 0 fully saturated rings. The number of nitrogens with one attached hydrogen (secondary N) is 1. The Balaban J connectivity index is 1.99. The molecule has 0 amide bonds. The molecule has 6 nitrogen and oxygen atoms in total. The molecule has 6 heteroatoms. The molecule has 0 saturated carbocycles. The number of aromatic nitrogens is 2. The minimum atomic E-state index is 0.249. The fraction of sp³-hybridized carbons (Fsp3) is 0.455. The number of rotatable bonds is 6. The van der Waals surface area contributed by atoms with Gasteiger partial charge < -0.3 is 16.2 Å². The highest BCUT2D eigenvalue weighted by atomic mass is 16.6. The molecule has 2 aromatic rings. The Morgan fingerprint density at radius 1 is 1.18 bits per heavy atom. The number of nitrogen functional groups attached to an aromatic ring is 1. The molecular weight excluding hydrogens is 220 g/mol. The molecule has 4 N–H and O–H groups in total. The van der Waals surface area contributed by atoms with Gasteiger partial charge in [-0.3, -0.25) is 0 Å². The maximum absolute atomic E-state index is 8.66. The number of unbranched alkanes of at least 4 members (excludes halogenated alkanes) is 2. The molecule has 0 atom stereocenters. The number of hydrogen-bond donors (Lipinski definition) is 3. The molecule has 92 valence electrons. The van der Waals surface area contributed by atoms with Crippen molar-refractivity contribution in [3.63, 3.8) is 0 Å². The average Bonchev–Trinajstić information content (AvgIpc) is 2.81. The lowest BCUT2D eigenvalue weighted by molar-refractivity contribution is 0.283. The Labute approximate surface area is 98.8 Å². The Morgan fingerprint density at radius 3 is 2.82 bits per heavy atom. The van der Waals surface area contributed by atoms with Crippen molar-refractivity contribution in [2.75, 3.05) is 24.2 Å². The van der Waals surface area contributed by atoms with Crippen LogP contribution in [0.1, 0.15) is 19.3 Å². The van der Waals surface area contributed by atoms with Crippen molar-refractivity contribution in [1.82, 2.24) is 10.3 Å². The summed E-state index contributed by atoms with van der Waals surface area (Å²) in [5.41, 5.74) is 8.43. The highest BCUT2D eigenvalue weighted by molar-refractivity contribution is 5.94. The summed E-state index contributed by atoms with van der Waals surface area (Å²) in [6.45, 7) is 1.07. The van der Waals surface area contributed by atoms with Gasteiger partial charge in [0.25, 0.3) is 0 Å². The van der Waals surface area contributed by atoms with Crippen LogP contribution in [0.3, 0.4) is 0 Å². The van der Waals surface area contributed by atoms with Gasteiger partial charge >= 0.3 is 0 Å². The third-order valence-corrected chi connectivity index (χ3v) is 2.60. The van der Waals surface area contributed by atoms with E-state index in [1.54, 1.807) is 6.07 Å². The van der Waals surface area contributed by atoms with E-state index in [4.69, 9.17) is 10.8 Å². The summed E-state index contributed by atoms with van der Waals surface area (Å²) in [5, 5.41) is 19.5. The SMILES string of the molecule is Nc1ccc(NCCCCCO)c2nonc12. The fourth-order valence-electron chi connectivity index (χ4n) is 1.66. The van der Waals surface area contributed by atoms with Crippen molar-refractivity contribution >= 4 is 22.4 Å². The number of nitrogens with two attached hydrogens (primary N) is 1. The van der Waals surface area contributed by atoms with Crippen molar-refractivity contribution < 1.29 is 9.74 Å². The molecule has 17 heavy (non-hydrogen) atoms. The zero-order chi connectivity index (χ0) is 12.1. The zero-order valence-electron chi connectivity index (χ0n) is 9.52. The molecule has 2 rings (SSSR count). The maximum Gasteiger partial charge on any atom is 0.160 e. The van der Waals surface area contributed by atoms with E-state index >= 15 is 0 Å². The lowest BCUT2D eigenvalue weighted by atomic mass is 10.2. The molecule has 0 spiro atoms. The second kappa shape index (κ2) is 5.49. The minimum Gasteiger partial charge on any atom is -0.397 e. The minimum absolute atomic E-state index is 0.249. The van der Waals surface area contributed by atoms with E-state index in [9.17, 15) is 0 Å². The Bertz CT molecular complexity index is 483. The first-order valence-corrected chi connectivity index (χ1v) is 5.68. The quantitative estimate of drug-likeness (QED) is 0.518. The van der Waals surface area contributed by atoms with Gasteiger partial charge in [-0.15, -0.1) is 0 Å². The predicted octanol–water partition coefficient (Wildman–Crippen LogP) is 1.38. The number of nitrogens with zero attached hydrogens (tertiary/aromatic N) is 2. The van der Waals surface area contributed by atoms with Gasteiger partial charge in [-0.2, -0.15) is 0 Å². The Kier molecular flexibility index (Phi) is 3.77. The number of aliphatic hydroxyl groups is 1. The van der Waals surface area contributed by atoms with Gasteiger partial charge in [-0.1, -0.05) is 0 Å². The van der Waals surface area contributed by atoms with Crippen LogP contribution in [-0.4, -0.2) is 28.6 Å². The van der Waals surface area contributed by atoms with Crippen LogP contribution in [0.5, 0.6) is 0 Å². The maximum atomic E-state index is 8.66. The van der Waals surface area contributed by atoms with Crippen LogP contribution in [0.15, 0.2) is 16.8 Å². The third kappa shape index (κ3) is 2.65. The lowest BCUT2D eigenvalue weighted by Gasteiger charge is -2.06. The van der Waals surface area contributed by atoms with Crippen LogP contribution in [0.4, 0.5) is 11.4 Å². The monoisotopic (exact) mass is 236 g/mol. The molecule has 1 heterocycles. The molecule has 0 radical (unpaired) electrons. The highest BCUT2D eigenvalue weighted by Crippen LogP contribution is 2.24. The normalized spacial score (nSPS) is 10.9. The van der Waals surface area contributed by atoms with E-state index in [0.717, 1.165) is 31.5 Å². The van der Waals surface area contributed by atoms with Gasteiger partial charge in [-0.25, -0.2) is 4.63 Å². The standard InChI is InChI=1S/C11H16N4O2/c12-8-4-5-9(11-10(8)14-17-15-11)13-6-2-1-3-7-16/h4-5,13,16H,1-3,6-7,12H2. The van der Waals surface area contributed by atoms with E-state index < -0.39 is 0 Å². The first-order valence-electron chi connectivity index (χ1n) is 5.68. The molecule has 0 aliphatic carbocycles. The molecule has 0 unspecified atom stereocenters. The van der Waals surface area contributed by atoms with Gasteiger partial charge in [0.15, 0.2) is 11.0 Å². The van der Waals surface area contributed by atoms with E-state index in [2.05, 4.69) is 20.3 Å². The van der Waals surface area contributed by atoms with Crippen LogP contribution < -0.4 is 11.1 Å².